The SMILES string of the molecule is CC(C1CC1)N(C)C(=O)C1CCCN(C(=O)c2cccs2)C1. The van der Waals surface area contributed by atoms with Gasteiger partial charge >= 0.3 is 0 Å². The number of amides is 2. The summed E-state index contributed by atoms with van der Waals surface area (Å²) in [6, 6.07) is 4.09. The van der Waals surface area contributed by atoms with E-state index in [0.717, 1.165) is 24.3 Å². The molecule has 2 amide bonds. The first-order valence-electron chi connectivity index (χ1n) is 8.17. The third-order valence-electron chi connectivity index (χ3n) is 5.05. The van der Waals surface area contributed by atoms with E-state index >= 15 is 0 Å². The van der Waals surface area contributed by atoms with Crippen molar-refractivity contribution in [2.45, 2.75) is 38.6 Å². The third-order valence-corrected chi connectivity index (χ3v) is 5.91. The van der Waals surface area contributed by atoms with E-state index in [2.05, 4.69) is 6.92 Å². The van der Waals surface area contributed by atoms with Gasteiger partial charge in [-0.05, 0) is 50.0 Å². The molecule has 2 unspecified atom stereocenters. The van der Waals surface area contributed by atoms with Crippen molar-refractivity contribution in [2.24, 2.45) is 11.8 Å². The molecule has 0 aromatic carbocycles. The number of rotatable bonds is 4. The zero-order valence-corrected chi connectivity index (χ0v) is 14.1. The summed E-state index contributed by atoms with van der Waals surface area (Å²) in [5.41, 5.74) is 0. The Hall–Kier alpha value is -1.36. The summed E-state index contributed by atoms with van der Waals surface area (Å²) in [6.45, 7) is 3.48. The molecule has 0 bridgehead atoms. The molecule has 1 aliphatic heterocycles. The molecular formula is C17H24N2O2S. The van der Waals surface area contributed by atoms with Gasteiger partial charge in [0.05, 0.1) is 10.8 Å². The van der Waals surface area contributed by atoms with Gasteiger partial charge < -0.3 is 9.80 Å². The number of nitrogens with zero attached hydrogens (tertiary/aromatic N) is 2. The number of hydrogen-bond acceptors (Lipinski definition) is 3. The van der Waals surface area contributed by atoms with Crippen LogP contribution in [0, 0.1) is 11.8 Å². The van der Waals surface area contributed by atoms with Gasteiger partial charge in [0.15, 0.2) is 0 Å². The molecule has 2 atom stereocenters. The second-order valence-electron chi connectivity index (χ2n) is 6.59. The lowest BCUT2D eigenvalue weighted by molar-refractivity contribution is -0.137. The summed E-state index contributed by atoms with van der Waals surface area (Å²) < 4.78 is 0. The van der Waals surface area contributed by atoms with Crippen molar-refractivity contribution < 1.29 is 9.59 Å². The molecule has 1 saturated heterocycles. The van der Waals surface area contributed by atoms with Gasteiger partial charge in [0.2, 0.25) is 5.91 Å². The zero-order valence-electron chi connectivity index (χ0n) is 13.3. The molecule has 22 heavy (non-hydrogen) atoms. The fourth-order valence-electron chi connectivity index (χ4n) is 3.30. The first-order chi connectivity index (χ1) is 10.6. The first-order valence-corrected chi connectivity index (χ1v) is 9.05. The molecule has 2 heterocycles. The number of thiophene rings is 1. The Bertz CT molecular complexity index is 539. The lowest BCUT2D eigenvalue weighted by atomic mass is 9.95. The number of likely N-dealkylation sites (tertiary alicyclic amines) is 1. The van der Waals surface area contributed by atoms with E-state index in [1.807, 2.05) is 34.4 Å². The van der Waals surface area contributed by atoms with Crippen molar-refractivity contribution in [3.63, 3.8) is 0 Å². The molecule has 120 valence electrons. The second-order valence-corrected chi connectivity index (χ2v) is 7.54. The fourth-order valence-corrected chi connectivity index (χ4v) is 3.99. The van der Waals surface area contributed by atoms with Gasteiger partial charge in [-0.25, -0.2) is 0 Å². The molecule has 0 N–H and O–H groups in total. The molecule has 1 aromatic heterocycles. The summed E-state index contributed by atoms with van der Waals surface area (Å²) in [5, 5.41) is 1.92. The molecule has 1 aromatic rings. The minimum absolute atomic E-state index is 0.0381. The molecular weight excluding hydrogens is 296 g/mol. The van der Waals surface area contributed by atoms with Crippen LogP contribution in [0.5, 0.6) is 0 Å². The number of piperidine rings is 1. The van der Waals surface area contributed by atoms with E-state index in [0.29, 0.717) is 18.5 Å². The molecule has 5 heteroatoms. The molecule has 1 aliphatic carbocycles. The predicted molar refractivity (Wildman–Crippen MR) is 87.9 cm³/mol. The van der Waals surface area contributed by atoms with Crippen molar-refractivity contribution in [3.05, 3.63) is 22.4 Å². The predicted octanol–water partition coefficient (Wildman–Crippen LogP) is 2.86. The van der Waals surface area contributed by atoms with Crippen LogP contribution in [0.4, 0.5) is 0 Å². The maximum Gasteiger partial charge on any atom is 0.263 e. The van der Waals surface area contributed by atoms with Crippen LogP contribution in [0.3, 0.4) is 0 Å². The van der Waals surface area contributed by atoms with Gasteiger partial charge in [0, 0.05) is 26.2 Å². The van der Waals surface area contributed by atoms with Crippen molar-refractivity contribution in [1.82, 2.24) is 9.80 Å². The van der Waals surface area contributed by atoms with Gasteiger partial charge in [-0.1, -0.05) is 6.07 Å². The van der Waals surface area contributed by atoms with Crippen LogP contribution >= 0.6 is 11.3 Å². The lowest BCUT2D eigenvalue weighted by Crippen LogP contribution is -2.48. The smallest absolute Gasteiger partial charge is 0.263 e. The maximum absolute atomic E-state index is 12.7. The van der Waals surface area contributed by atoms with Crippen LogP contribution in [0.1, 0.15) is 42.3 Å². The normalized spacial score (nSPS) is 23.2. The molecule has 4 nitrogen and oxygen atoms in total. The van der Waals surface area contributed by atoms with Crippen LogP contribution in [0.2, 0.25) is 0 Å². The van der Waals surface area contributed by atoms with Crippen LogP contribution in [0.25, 0.3) is 0 Å². The van der Waals surface area contributed by atoms with Crippen molar-refractivity contribution in [3.8, 4) is 0 Å². The standard InChI is InChI=1S/C17H24N2O2S/c1-12(13-7-8-13)18(2)16(20)14-5-3-9-19(11-14)17(21)15-6-4-10-22-15/h4,6,10,12-14H,3,5,7-9,11H2,1-2H3. The Labute approximate surface area is 136 Å². The van der Waals surface area contributed by atoms with Crippen LogP contribution in [-0.4, -0.2) is 47.8 Å². The monoisotopic (exact) mass is 320 g/mol. The minimum Gasteiger partial charge on any atom is -0.342 e. The summed E-state index contributed by atoms with van der Waals surface area (Å²) in [7, 11) is 1.92. The Balaban J connectivity index is 1.62. The maximum atomic E-state index is 12.7. The quantitative estimate of drug-likeness (QED) is 0.856. The molecule has 2 fully saturated rings. The average molecular weight is 320 g/mol. The minimum atomic E-state index is -0.0381. The molecule has 0 radical (unpaired) electrons. The topological polar surface area (TPSA) is 40.6 Å². The highest BCUT2D eigenvalue weighted by Crippen LogP contribution is 2.35. The fraction of sp³-hybridized carbons (Fsp3) is 0.647. The van der Waals surface area contributed by atoms with E-state index in [1.165, 1.54) is 24.2 Å². The van der Waals surface area contributed by atoms with Crippen LogP contribution < -0.4 is 0 Å². The molecule has 0 spiro atoms. The highest BCUT2D eigenvalue weighted by Gasteiger charge is 2.36. The van der Waals surface area contributed by atoms with E-state index in [1.54, 1.807) is 0 Å². The second kappa shape index (κ2) is 6.41. The Kier molecular flexibility index (Phi) is 4.52. The number of carbonyl (C=O) groups is 2. The van der Waals surface area contributed by atoms with Crippen molar-refractivity contribution in [1.29, 1.82) is 0 Å². The molecule has 1 saturated carbocycles. The summed E-state index contributed by atoms with van der Waals surface area (Å²) in [5.74, 6) is 0.929. The van der Waals surface area contributed by atoms with Crippen LogP contribution in [-0.2, 0) is 4.79 Å². The van der Waals surface area contributed by atoms with Crippen molar-refractivity contribution in [2.75, 3.05) is 20.1 Å². The van der Waals surface area contributed by atoms with E-state index < -0.39 is 0 Å². The first kappa shape index (κ1) is 15.5. The Morgan fingerprint density at radius 2 is 2.14 bits per heavy atom. The summed E-state index contributed by atoms with van der Waals surface area (Å²) in [4.78, 5) is 29.7. The van der Waals surface area contributed by atoms with Gasteiger partial charge in [0.1, 0.15) is 0 Å². The van der Waals surface area contributed by atoms with E-state index in [-0.39, 0.29) is 17.7 Å². The van der Waals surface area contributed by atoms with Crippen LogP contribution in [0.15, 0.2) is 17.5 Å². The van der Waals surface area contributed by atoms with Crippen molar-refractivity contribution >= 4 is 23.2 Å². The lowest BCUT2D eigenvalue weighted by Gasteiger charge is -2.35. The number of carbonyl (C=O) groups excluding carboxylic acids is 2. The van der Waals surface area contributed by atoms with E-state index in [4.69, 9.17) is 0 Å². The molecule has 3 rings (SSSR count). The van der Waals surface area contributed by atoms with Gasteiger partial charge in [-0.15, -0.1) is 11.3 Å². The summed E-state index contributed by atoms with van der Waals surface area (Å²) >= 11 is 1.47. The third kappa shape index (κ3) is 3.19. The zero-order chi connectivity index (χ0) is 15.7. The van der Waals surface area contributed by atoms with Gasteiger partial charge in [0.25, 0.3) is 5.91 Å². The summed E-state index contributed by atoms with van der Waals surface area (Å²) in [6.07, 6.45) is 4.30. The highest BCUT2D eigenvalue weighted by atomic mass is 32.1. The van der Waals surface area contributed by atoms with Gasteiger partial charge in [-0.2, -0.15) is 0 Å². The number of hydrogen-bond donors (Lipinski definition) is 0. The average Bonchev–Trinajstić information content (AvgIpc) is 3.26. The van der Waals surface area contributed by atoms with Gasteiger partial charge in [-0.3, -0.25) is 9.59 Å². The Morgan fingerprint density at radius 3 is 2.77 bits per heavy atom. The Morgan fingerprint density at radius 1 is 1.36 bits per heavy atom. The molecule has 2 aliphatic rings. The van der Waals surface area contributed by atoms with E-state index in [9.17, 15) is 9.59 Å². The highest BCUT2D eigenvalue weighted by molar-refractivity contribution is 7.12. The largest absolute Gasteiger partial charge is 0.342 e.